The van der Waals surface area contributed by atoms with Gasteiger partial charge in [0.25, 0.3) is 0 Å². The quantitative estimate of drug-likeness (QED) is 0.160. The van der Waals surface area contributed by atoms with E-state index >= 15 is 0 Å². The molecule has 0 aromatic carbocycles. The molecule has 16 heteroatoms. The minimum Gasteiger partial charge on any atom is -0.332 e. The minimum atomic E-state index is 0.0696. The molecule has 9 aromatic heterocycles. The first-order chi connectivity index (χ1) is 49.0. The van der Waals surface area contributed by atoms with Crippen molar-refractivity contribution in [3.8, 4) is 0 Å². The molecule has 0 saturated heterocycles. The lowest BCUT2D eigenvalue weighted by Crippen LogP contribution is -2.22. The highest BCUT2D eigenvalue weighted by Gasteiger charge is 2.31. The molecule has 0 spiro atoms. The largest absolute Gasteiger partial charge is 0.332 e. The molecule has 4 fully saturated rings. The highest BCUT2D eigenvalue weighted by Crippen LogP contribution is 2.41. The number of rotatable bonds is 5. The Kier molecular flexibility index (Phi) is 30.9. The van der Waals surface area contributed by atoms with Crippen LogP contribution in [-0.2, 0) is 54.5 Å². The molecular formula is C91H144N16. The number of hydrogen-bond donors (Lipinski definition) is 0. The molecule has 0 N–H and O–H groups in total. The first-order valence-electron chi connectivity index (χ1n) is 39.5. The van der Waals surface area contributed by atoms with Crippen molar-refractivity contribution < 1.29 is 0 Å². The summed E-state index contributed by atoms with van der Waals surface area (Å²) < 4.78 is 8.30. The van der Waals surface area contributed by atoms with Gasteiger partial charge in [-0.05, 0) is 225 Å². The number of aryl methyl sites for hydroxylation is 2. The van der Waals surface area contributed by atoms with Crippen molar-refractivity contribution in [1.82, 2.24) is 78.5 Å². The first-order valence-corrected chi connectivity index (χ1v) is 39.5. The van der Waals surface area contributed by atoms with Gasteiger partial charge in [0.1, 0.15) is 18.0 Å². The molecule has 0 aliphatic heterocycles. The average Bonchev–Trinajstić information content (AvgIpc) is 1.68. The van der Waals surface area contributed by atoms with Crippen molar-refractivity contribution in [2.24, 2.45) is 0 Å². The number of hydrogen-bond acceptors (Lipinski definition) is 12. The van der Waals surface area contributed by atoms with Gasteiger partial charge in [-0.3, -0.25) is 19.6 Å². The second-order valence-electron chi connectivity index (χ2n) is 40.3. The third-order valence-electron chi connectivity index (χ3n) is 18.7. The molecule has 0 radical (unpaired) electrons. The molecule has 4 aliphatic rings. The van der Waals surface area contributed by atoms with Gasteiger partial charge in [-0.15, -0.1) is 0 Å². The lowest BCUT2D eigenvalue weighted by molar-refractivity contribution is 0.352. The predicted octanol–water partition coefficient (Wildman–Crippen LogP) is 23.2. The summed E-state index contributed by atoms with van der Waals surface area (Å²) in [5.41, 5.74) is 14.2. The smallest absolute Gasteiger partial charge is 0.153 e. The Balaban J connectivity index is 0.000000216. The van der Waals surface area contributed by atoms with Crippen LogP contribution in [-0.4, -0.2) is 78.5 Å². The fourth-order valence-corrected chi connectivity index (χ4v) is 9.75. The molecule has 16 nitrogen and oxygen atoms in total. The van der Waals surface area contributed by atoms with Gasteiger partial charge in [0.05, 0.1) is 35.8 Å². The Morgan fingerprint density at radius 3 is 1.08 bits per heavy atom. The zero-order valence-electron chi connectivity index (χ0n) is 73.3. The van der Waals surface area contributed by atoms with Crippen molar-refractivity contribution in [2.75, 3.05) is 0 Å². The zero-order chi connectivity index (χ0) is 80.7. The summed E-state index contributed by atoms with van der Waals surface area (Å²) in [5.74, 6) is 5.76. The van der Waals surface area contributed by atoms with E-state index in [9.17, 15) is 0 Å². The summed E-state index contributed by atoms with van der Waals surface area (Å²) >= 11 is 0. The number of pyridine rings is 3. The van der Waals surface area contributed by atoms with E-state index in [-0.39, 0.29) is 54.5 Å². The molecule has 588 valence electrons. The van der Waals surface area contributed by atoms with Gasteiger partial charge >= 0.3 is 0 Å². The fraction of sp³-hybridized carbons (Fsp3) is 0.626. The molecule has 0 atom stereocenters. The summed E-state index contributed by atoms with van der Waals surface area (Å²) in [7, 11) is 0. The van der Waals surface area contributed by atoms with Gasteiger partial charge in [-0.2, -0.15) is 10.2 Å². The Bertz CT molecular complexity index is 3730. The molecule has 9 heterocycles. The van der Waals surface area contributed by atoms with Crippen LogP contribution in [0.25, 0.3) is 0 Å². The van der Waals surface area contributed by atoms with Crippen molar-refractivity contribution in [1.29, 1.82) is 0 Å². The average molecular weight is 1460 g/mol. The molecule has 0 unspecified atom stereocenters. The van der Waals surface area contributed by atoms with E-state index in [1.54, 1.807) is 6.20 Å². The van der Waals surface area contributed by atoms with E-state index in [1.165, 1.54) is 96.1 Å². The molecule has 13 rings (SSSR count). The van der Waals surface area contributed by atoms with Crippen LogP contribution in [0.5, 0.6) is 0 Å². The molecule has 4 aliphatic carbocycles. The Hall–Kier alpha value is -7.62. The van der Waals surface area contributed by atoms with Crippen LogP contribution in [0.4, 0.5) is 0 Å². The van der Waals surface area contributed by atoms with Crippen LogP contribution >= 0.6 is 0 Å². The molecule has 107 heavy (non-hydrogen) atoms. The van der Waals surface area contributed by atoms with Gasteiger partial charge < -0.3 is 9.13 Å². The zero-order valence-corrected chi connectivity index (χ0v) is 73.3. The van der Waals surface area contributed by atoms with Crippen molar-refractivity contribution in [3.63, 3.8) is 0 Å². The highest BCUT2D eigenvalue weighted by atomic mass is 15.4. The van der Waals surface area contributed by atoms with Crippen LogP contribution < -0.4 is 0 Å². The second kappa shape index (κ2) is 36.7. The summed E-state index contributed by atoms with van der Waals surface area (Å²) in [6, 6.07) is 13.1. The summed E-state index contributed by atoms with van der Waals surface area (Å²) in [5, 5.41) is 8.75. The van der Waals surface area contributed by atoms with Gasteiger partial charge in [-0.1, -0.05) is 164 Å². The van der Waals surface area contributed by atoms with Gasteiger partial charge in [0.15, 0.2) is 5.82 Å². The van der Waals surface area contributed by atoms with E-state index in [4.69, 9.17) is 0 Å². The van der Waals surface area contributed by atoms with E-state index in [2.05, 4.69) is 340 Å². The van der Waals surface area contributed by atoms with E-state index < -0.39 is 0 Å². The molecule has 0 amide bonds. The molecule has 0 bridgehead atoms. The van der Waals surface area contributed by atoms with Crippen molar-refractivity contribution in [2.45, 2.75) is 371 Å². The van der Waals surface area contributed by atoms with E-state index in [0.717, 1.165) is 40.7 Å². The number of imidazole rings is 2. The number of aromatic nitrogens is 16. The van der Waals surface area contributed by atoms with Crippen molar-refractivity contribution >= 4 is 0 Å². The normalized spacial score (nSPS) is 14.8. The first kappa shape index (κ1) is 90.0. The maximum atomic E-state index is 4.51. The summed E-state index contributed by atoms with van der Waals surface area (Å²) in [4.78, 5) is 43.0. The third kappa shape index (κ3) is 32.2. The molecule has 4 saturated carbocycles. The lowest BCUT2D eigenvalue weighted by atomic mass is 9.88. The van der Waals surface area contributed by atoms with Crippen LogP contribution in [0.3, 0.4) is 0 Å². The number of nitrogens with zero attached hydrogens (tertiary/aromatic N) is 16. The van der Waals surface area contributed by atoms with E-state index in [1.807, 2.05) is 97.8 Å². The Morgan fingerprint density at radius 1 is 0.336 bits per heavy atom. The van der Waals surface area contributed by atoms with Crippen LogP contribution in [0.2, 0.25) is 0 Å². The maximum Gasteiger partial charge on any atom is 0.153 e. The van der Waals surface area contributed by atoms with Gasteiger partial charge in [-0.25, -0.2) is 39.6 Å². The standard InChI is InChI=1S/C12H17N.C11H16N2.C11H20N2.C10H16N2.C10H18N2.C10H15N.C9H15N3.C9H14N2.C9H13N/c1-12(2,3)10-6-7-11(13-8-10)9-4-5-9;1-11(2,3)9-6-12-10(13-7-9)8-4-5-8;1-10(2,3)9-7-13(8-12-9)11(4,5)6;1-10(2,3)12-6-9(11-7-12)8-4-5-8;1-8(2)12-7-9(6-11-12)10(3,4)5;1-8-5-6-9(7-11-8)10(2,3)4;1-9(2,3)12-6-10-8(11-12)7-4-5-7;1-7-10-5-8(6-11-7)9(2,3)4;1-9(2,3)8-5-4-6-10-7-8/h6-9H,4-5H2,1-3H3;6-8H,4-5H2,1-3H3;7-8H,1-6H3;6-8H,4-5H2,1-3H3;6-8H,1-5H3;5-7H,1-4H3;6-7H,4-5H2,1-3H3;5-6H,1-4H3;4-7H,1-3H3. The topological polar surface area (TPSA) is 174 Å². The van der Waals surface area contributed by atoms with Crippen LogP contribution in [0, 0.1) is 13.8 Å². The SMILES string of the molecule is CC(C)(C)c1ccc(C2CC2)nc1.CC(C)(C)c1cccnc1.CC(C)(C)c1cn(C(C)(C)C)cn1.CC(C)(C)c1cnc(C2CC2)nc1.CC(C)(C)n1cnc(C2CC2)c1.CC(C)(C)n1cnc(C2CC2)n1.CC(C)n1cc(C(C)(C)C)cn1.Cc1ccc(C(C)(C)C)cn1.Cc1ncc(C(C)(C)C)cn1. The molecule has 9 aromatic rings. The monoisotopic (exact) mass is 1460 g/mol. The molecular weight excluding hydrogens is 1320 g/mol. The van der Waals surface area contributed by atoms with E-state index in [0.29, 0.717) is 17.9 Å². The third-order valence-corrected chi connectivity index (χ3v) is 18.7. The van der Waals surface area contributed by atoms with Crippen LogP contribution in [0.15, 0.2) is 130 Å². The second-order valence-corrected chi connectivity index (χ2v) is 40.3. The highest BCUT2D eigenvalue weighted by molar-refractivity contribution is 5.26. The Labute approximate surface area is 649 Å². The van der Waals surface area contributed by atoms with Gasteiger partial charge in [0, 0.05) is 126 Å². The maximum absolute atomic E-state index is 4.51. The lowest BCUT2D eigenvalue weighted by Gasteiger charge is -2.20. The summed E-state index contributed by atoms with van der Waals surface area (Å²) in [6.45, 7) is 73.7. The minimum absolute atomic E-state index is 0.0696. The van der Waals surface area contributed by atoms with Crippen LogP contribution in [0.1, 0.15) is 376 Å². The fourth-order valence-electron chi connectivity index (χ4n) is 9.75. The summed E-state index contributed by atoms with van der Waals surface area (Å²) in [6.07, 6.45) is 40.0. The van der Waals surface area contributed by atoms with Crippen molar-refractivity contribution in [3.05, 3.63) is 203 Å². The van der Waals surface area contributed by atoms with Gasteiger partial charge in [0.2, 0.25) is 0 Å². The Morgan fingerprint density at radius 2 is 0.757 bits per heavy atom. The predicted molar refractivity (Wildman–Crippen MR) is 447 cm³/mol.